The second-order valence-corrected chi connectivity index (χ2v) is 13.0. The van der Waals surface area contributed by atoms with Gasteiger partial charge >= 0.3 is 0 Å². The molecule has 0 fully saturated rings. The van der Waals surface area contributed by atoms with Crippen molar-refractivity contribution < 1.29 is 0 Å². The highest BCUT2D eigenvalue weighted by Crippen LogP contribution is 2.09. The number of unbranched alkanes of at least 4 members (excludes halogenated alkanes) is 3. The average molecular weight is 586 g/mol. The molecule has 9 heteroatoms. The predicted molar refractivity (Wildman–Crippen MR) is 181 cm³/mol. The van der Waals surface area contributed by atoms with Crippen LogP contribution in [0.25, 0.3) is 0 Å². The first kappa shape index (κ1) is 40.6. The maximum atomic E-state index is 6.17. The van der Waals surface area contributed by atoms with E-state index in [4.69, 9.17) is 22.9 Å². The van der Waals surface area contributed by atoms with E-state index in [9.17, 15) is 0 Å². The Morgan fingerprint density at radius 1 is 0.512 bits per heavy atom. The quantitative estimate of drug-likeness (QED) is 0.0573. The zero-order chi connectivity index (χ0) is 30.7. The van der Waals surface area contributed by atoms with Gasteiger partial charge in [-0.25, -0.2) is 0 Å². The van der Waals surface area contributed by atoms with Gasteiger partial charge in [-0.2, -0.15) is 0 Å². The molecule has 0 bridgehead atoms. The molecule has 0 saturated heterocycles. The first-order valence-corrected chi connectivity index (χ1v) is 17.3. The van der Waals surface area contributed by atoms with Crippen molar-refractivity contribution in [2.75, 3.05) is 58.9 Å². The van der Waals surface area contributed by atoms with Crippen LogP contribution in [-0.4, -0.2) is 100 Å². The molecule has 0 aromatic rings. The second-order valence-electron chi connectivity index (χ2n) is 13.0. The molecule has 0 radical (unpaired) electrons. The van der Waals surface area contributed by atoms with Crippen molar-refractivity contribution in [3.05, 3.63) is 0 Å². The summed E-state index contributed by atoms with van der Waals surface area (Å²) in [7, 11) is 0. The number of hydrogen-bond acceptors (Lipinski definition) is 9. The molecule has 41 heavy (non-hydrogen) atoms. The Morgan fingerprint density at radius 2 is 1.07 bits per heavy atom. The van der Waals surface area contributed by atoms with E-state index in [-0.39, 0.29) is 24.2 Å². The monoisotopic (exact) mass is 586 g/mol. The normalized spacial score (nSPS) is 16.5. The van der Waals surface area contributed by atoms with Crippen molar-refractivity contribution >= 4 is 0 Å². The van der Waals surface area contributed by atoms with E-state index in [1.807, 2.05) is 0 Å². The molecule has 0 aliphatic carbocycles. The van der Waals surface area contributed by atoms with Gasteiger partial charge in [0.2, 0.25) is 0 Å². The van der Waals surface area contributed by atoms with Crippen LogP contribution in [0.15, 0.2) is 0 Å². The summed E-state index contributed by atoms with van der Waals surface area (Å²) >= 11 is 0. The number of rotatable bonds is 31. The lowest BCUT2D eigenvalue weighted by molar-refractivity contribution is 0.220. The molecule has 0 amide bonds. The van der Waals surface area contributed by atoms with Crippen LogP contribution in [0.4, 0.5) is 0 Å². The van der Waals surface area contributed by atoms with Gasteiger partial charge in [-0.05, 0) is 131 Å². The van der Waals surface area contributed by atoms with E-state index in [1.54, 1.807) is 0 Å². The second kappa shape index (κ2) is 28.4. The zero-order valence-electron chi connectivity index (χ0n) is 28.1. The fourth-order valence-corrected chi connectivity index (χ4v) is 4.96. The number of nitrogens with two attached hydrogens (primary N) is 4. The summed E-state index contributed by atoms with van der Waals surface area (Å²) < 4.78 is 0. The maximum absolute atomic E-state index is 6.17. The predicted octanol–water partition coefficient (Wildman–Crippen LogP) is 2.47. The van der Waals surface area contributed by atoms with Gasteiger partial charge in [0.05, 0.1) is 0 Å². The topological polar surface area (TPSA) is 155 Å². The van der Waals surface area contributed by atoms with Crippen LogP contribution in [-0.2, 0) is 0 Å². The molecule has 6 unspecified atom stereocenters. The maximum Gasteiger partial charge on any atom is 0.0195 e. The Hall–Kier alpha value is -0.360. The van der Waals surface area contributed by atoms with Crippen molar-refractivity contribution in [1.29, 1.82) is 0 Å². The molecule has 0 saturated carbocycles. The third-order valence-corrected chi connectivity index (χ3v) is 7.76. The van der Waals surface area contributed by atoms with E-state index in [0.29, 0.717) is 12.1 Å². The minimum atomic E-state index is 0.232. The molecule has 6 atom stereocenters. The Morgan fingerprint density at radius 3 is 1.66 bits per heavy atom. The molecule has 0 aromatic heterocycles. The van der Waals surface area contributed by atoms with Crippen LogP contribution in [0, 0.1) is 0 Å². The van der Waals surface area contributed by atoms with E-state index in [1.165, 1.54) is 38.5 Å². The summed E-state index contributed by atoms with van der Waals surface area (Å²) in [6, 6.07) is 1.96. The molecule has 0 aliphatic heterocycles. The molecule has 0 heterocycles. The minimum absolute atomic E-state index is 0.232. The number of nitrogens with one attached hydrogen (secondary N) is 4. The Kier molecular flexibility index (Phi) is 28.2. The van der Waals surface area contributed by atoms with Crippen LogP contribution >= 0.6 is 0 Å². The Balaban J connectivity index is 4.95. The van der Waals surface area contributed by atoms with Gasteiger partial charge in [0.1, 0.15) is 0 Å². The summed E-state index contributed by atoms with van der Waals surface area (Å²) in [5, 5.41) is 14.9. The van der Waals surface area contributed by atoms with Gasteiger partial charge in [0.25, 0.3) is 0 Å². The molecule has 9 nitrogen and oxygen atoms in total. The van der Waals surface area contributed by atoms with Crippen molar-refractivity contribution in [3.63, 3.8) is 0 Å². The lowest BCUT2D eigenvalue weighted by Crippen LogP contribution is -2.48. The molecular weight excluding hydrogens is 510 g/mol. The first-order chi connectivity index (χ1) is 19.6. The van der Waals surface area contributed by atoms with Crippen LogP contribution in [0.5, 0.6) is 0 Å². The smallest absolute Gasteiger partial charge is 0.0195 e. The highest BCUT2D eigenvalue weighted by molar-refractivity contribution is 4.79. The third-order valence-electron chi connectivity index (χ3n) is 7.76. The van der Waals surface area contributed by atoms with E-state index < -0.39 is 0 Å². The molecule has 0 aromatic carbocycles. The highest BCUT2D eigenvalue weighted by Gasteiger charge is 2.17. The van der Waals surface area contributed by atoms with E-state index in [2.05, 4.69) is 60.8 Å². The van der Waals surface area contributed by atoms with Gasteiger partial charge in [-0.15, -0.1) is 0 Å². The number of hydrogen-bond donors (Lipinski definition) is 8. The largest absolute Gasteiger partial charge is 0.328 e. The molecule has 0 rings (SSSR count). The van der Waals surface area contributed by atoms with E-state index >= 15 is 0 Å². The Bertz CT molecular complexity index is 531. The summed E-state index contributed by atoms with van der Waals surface area (Å²) in [5.41, 5.74) is 24.0. The summed E-state index contributed by atoms with van der Waals surface area (Å²) in [6.07, 6.45) is 13.9. The van der Waals surface area contributed by atoms with E-state index in [0.717, 1.165) is 97.4 Å². The average Bonchev–Trinajstić information content (AvgIpc) is 2.90. The SMILES string of the molecule is CCCCCC(CN(CCCCNCCC(C)N)CCC(C)N)NCC(CCCNCCC(C)N)NCCC(C)N. The third kappa shape index (κ3) is 29.5. The van der Waals surface area contributed by atoms with Crippen LogP contribution < -0.4 is 44.2 Å². The van der Waals surface area contributed by atoms with Gasteiger partial charge in [-0.1, -0.05) is 26.2 Å². The highest BCUT2D eigenvalue weighted by atomic mass is 15.2. The molecule has 12 N–H and O–H groups in total. The molecule has 248 valence electrons. The van der Waals surface area contributed by atoms with Crippen molar-refractivity contribution in [2.24, 2.45) is 22.9 Å². The van der Waals surface area contributed by atoms with Crippen molar-refractivity contribution in [3.8, 4) is 0 Å². The lowest BCUT2D eigenvalue weighted by Gasteiger charge is -2.30. The lowest BCUT2D eigenvalue weighted by atomic mass is 10.1. The van der Waals surface area contributed by atoms with Crippen LogP contribution in [0.1, 0.15) is 112 Å². The summed E-state index contributed by atoms with van der Waals surface area (Å²) in [5.74, 6) is 0. The summed E-state index contributed by atoms with van der Waals surface area (Å²) in [6.45, 7) is 20.1. The van der Waals surface area contributed by atoms with Crippen LogP contribution in [0.3, 0.4) is 0 Å². The van der Waals surface area contributed by atoms with Gasteiger partial charge in [0.15, 0.2) is 0 Å². The van der Waals surface area contributed by atoms with Gasteiger partial charge in [0, 0.05) is 49.3 Å². The van der Waals surface area contributed by atoms with Gasteiger partial charge in [-0.3, -0.25) is 0 Å². The minimum Gasteiger partial charge on any atom is -0.328 e. The molecular formula is C32H75N9. The zero-order valence-corrected chi connectivity index (χ0v) is 28.1. The summed E-state index contributed by atoms with van der Waals surface area (Å²) in [4.78, 5) is 2.66. The fourth-order valence-electron chi connectivity index (χ4n) is 4.96. The fraction of sp³-hybridized carbons (Fsp3) is 1.00. The Labute approximate surface area is 255 Å². The first-order valence-electron chi connectivity index (χ1n) is 17.3. The standard InChI is InChI=1S/C32H75N9/c1-6-7-8-12-32(26-41(24-17-30(5)36)23-10-9-18-37-20-14-27(2)33)40-25-31(39-22-16-29(4)35)13-11-19-38-21-15-28(3)34/h27-32,37-40H,6-26,33-36H2,1-5H3. The molecule has 0 aliphatic rings. The van der Waals surface area contributed by atoms with Crippen LogP contribution in [0.2, 0.25) is 0 Å². The van der Waals surface area contributed by atoms with Crippen molar-refractivity contribution in [1.82, 2.24) is 26.2 Å². The van der Waals surface area contributed by atoms with Crippen molar-refractivity contribution in [2.45, 2.75) is 148 Å². The molecule has 0 spiro atoms. The van der Waals surface area contributed by atoms with Gasteiger partial charge < -0.3 is 49.1 Å². The number of nitrogens with zero attached hydrogens (tertiary/aromatic N) is 1.